The fourth-order valence-corrected chi connectivity index (χ4v) is 1.13. The molecule has 0 saturated carbocycles. The van der Waals surface area contributed by atoms with Gasteiger partial charge < -0.3 is 4.42 Å². The highest BCUT2D eigenvalue weighted by Gasteiger charge is 2.41. The van der Waals surface area contributed by atoms with E-state index in [1.165, 1.54) is 6.92 Å². The highest BCUT2D eigenvalue weighted by Crippen LogP contribution is 2.37. The summed E-state index contributed by atoms with van der Waals surface area (Å²) < 4.78 is 42.4. The highest BCUT2D eigenvalue weighted by atomic mass is 19.4. The van der Waals surface area contributed by atoms with Gasteiger partial charge in [0.25, 0.3) is 0 Å². The Morgan fingerprint density at radius 2 is 1.64 bits per heavy atom. The summed E-state index contributed by atoms with van der Waals surface area (Å²) >= 11 is 0. The summed E-state index contributed by atoms with van der Waals surface area (Å²) in [6.07, 6.45) is -4.44. The van der Waals surface area contributed by atoms with E-state index in [4.69, 9.17) is 4.42 Å². The fraction of sp³-hybridized carbons (Fsp3) is 0.667. The summed E-state index contributed by atoms with van der Waals surface area (Å²) in [6.45, 7) is 6.37. The van der Waals surface area contributed by atoms with Crippen molar-refractivity contribution in [2.75, 3.05) is 0 Å². The molecule has 2 nitrogen and oxygen atoms in total. The molecule has 0 radical (unpaired) electrons. The molecule has 1 heterocycles. The van der Waals surface area contributed by atoms with Crippen molar-refractivity contribution in [1.82, 2.24) is 4.98 Å². The normalized spacial score (nSPS) is 13.4. The summed E-state index contributed by atoms with van der Waals surface area (Å²) in [7, 11) is 0. The molecule has 0 unspecified atom stereocenters. The van der Waals surface area contributed by atoms with Crippen LogP contribution in [0.1, 0.15) is 38.1 Å². The summed E-state index contributed by atoms with van der Waals surface area (Å²) in [6, 6.07) is 0. The molecule has 1 rings (SSSR count). The van der Waals surface area contributed by atoms with Crippen LogP contribution in [0.15, 0.2) is 4.42 Å². The molecule has 0 saturated heterocycles. The van der Waals surface area contributed by atoms with Crippen molar-refractivity contribution in [2.24, 2.45) is 0 Å². The lowest BCUT2D eigenvalue weighted by Gasteiger charge is -2.16. The van der Waals surface area contributed by atoms with Gasteiger partial charge in [0.1, 0.15) is 5.76 Å². The molecule has 14 heavy (non-hydrogen) atoms. The first kappa shape index (κ1) is 11.1. The van der Waals surface area contributed by atoms with Crippen molar-refractivity contribution >= 4 is 0 Å². The third-order valence-corrected chi connectivity index (χ3v) is 1.68. The molecule has 1 aromatic rings. The molecular weight excluding hydrogens is 195 g/mol. The Labute approximate surface area is 80.1 Å². The van der Waals surface area contributed by atoms with Crippen molar-refractivity contribution in [1.29, 1.82) is 0 Å². The smallest absolute Gasteiger partial charge is 0.436 e. The van der Waals surface area contributed by atoms with Gasteiger partial charge in [-0.2, -0.15) is 13.2 Å². The minimum atomic E-state index is -4.44. The molecule has 0 aliphatic heterocycles. The van der Waals surface area contributed by atoms with E-state index in [0.29, 0.717) is 0 Å². The molecule has 0 amide bonds. The van der Waals surface area contributed by atoms with Gasteiger partial charge in [0, 0.05) is 12.3 Å². The van der Waals surface area contributed by atoms with E-state index >= 15 is 0 Å². The maximum absolute atomic E-state index is 12.5. The number of rotatable bonds is 0. The highest BCUT2D eigenvalue weighted by molar-refractivity contribution is 5.20. The van der Waals surface area contributed by atoms with Gasteiger partial charge in [-0.05, 0) is 0 Å². The first-order chi connectivity index (χ1) is 6.12. The lowest BCUT2D eigenvalue weighted by atomic mass is 9.92. The number of aromatic nitrogens is 1. The van der Waals surface area contributed by atoms with Gasteiger partial charge in [0.15, 0.2) is 11.6 Å². The molecule has 0 aliphatic rings. The van der Waals surface area contributed by atoms with Crippen molar-refractivity contribution < 1.29 is 17.6 Å². The van der Waals surface area contributed by atoms with Crippen LogP contribution in [0.2, 0.25) is 0 Å². The van der Waals surface area contributed by atoms with Gasteiger partial charge in [-0.15, -0.1) is 0 Å². The zero-order valence-electron chi connectivity index (χ0n) is 8.49. The lowest BCUT2D eigenvalue weighted by molar-refractivity contribution is -0.142. The maximum Gasteiger partial charge on any atom is 0.436 e. The van der Waals surface area contributed by atoms with Crippen LogP contribution in [0, 0.1) is 6.92 Å². The second kappa shape index (κ2) is 3.00. The molecule has 0 aliphatic carbocycles. The van der Waals surface area contributed by atoms with Gasteiger partial charge >= 0.3 is 6.18 Å². The molecule has 0 bridgehead atoms. The van der Waals surface area contributed by atoms with Gasteiger partial charge in [-0.3, -0.25) is 0 Å². The quantitative estimate of drug-likeness (QED) is 0.652. The van der Waals surface area contributed by atoms with E-state index in [0.717, 1.165) is 0 Å². The van der Waals surface area contributed by atoms with Crippen molar-refractivity contribution in [3.05, 3.63) is 17.3 Å². The Morgan fingerprint density at radius 1 is 1.14 bits per heavy atom. The van der Waals surface area contributed by atoms with Crippen LogP contribution < -0.4 is 0 Å². The first-order valence-corrected chi connectivity index (χ1v) is 4.17. The molecule has 0 spiro atoms. The van der Waals surface area contributed by atoms with Crippen molar-refractivity contribution in [3.63, 3.8) is 0 Å². The van der Waals surface area contributed by atoms with E-state index in [9.17, 15) is 13.2 Å². The van der Waals surface area contributed by atoms with Crippen LogP contribution >= 0.6 is 0 Å². The second-order valence-corrected chi connectivity index (χ2v) is 4.16. The number of hydrogen-bond acceptors (Lipinski definition) is 2. The molecule has 80 valence electrons. The van der Waals surface area contributed by atoms with Crippen LogP contribution in [-0.4, -0.2) is 4.98 Å². The Balaban J connectivity index is 3.31. The maximum atomic E-state index is 12.5. The predicted molar refractivity (Wildman–Crippen MR) is 44.9 cm³/mol. The van der Waals surface area contributed by atoms with E-state index < -0.39 is 17.3 Å². The predicted octanol–water partition coefficient (Wildman–Crippen LogP) is 3.30. The summed E-state index contributed by atoms with van der Waals surface area (Å²) in [5.74, 6) is -0.0650. The van der Waals surface area contributed by atoms with E-state index in [2.05, 4.69) is 4.98 Å². The number of aryl methyl sites for hydroxylation is 1. The molecular formula is C9H12F3NO. The van der Waals surface area contributed by atoms with Crippen LogP contribution in [0.3, 0.4) is 0 Å². The number of oxazole rings is 1. The second-order valence-electron chi connectivity index (χ2n) is 4.16. The Bertz CT molecular complexity index is 301. The lowest BCUT2D eigenvalue weighted by Crippen LogP contribution is -2.18. The third-order valence-electron chi connectivity index (χ3n) is 1.68. The van der Waals surface area contributed by atoms with E-state index in [1.54, 1.807) is 20.8 Å². The van der Waals surface area contributed by atoms with E-state index in [1.807, 2.05) is 0 Å². The van der Waals surface area contributed by atoms with Gasteiger partial charge in [0.2, 0.25) is 0 Å². The topological polar surface area (TPSA) is 26.0 Å². The van der Waals surface area contributed by atoms with Gasteiger partial charge in [-0.1, -0.05) is 20.8 Å². The molecule has 0 N–H and O–H groups in total. The Morgan fingerprint density at radius 3 is 1.93 bits per heavy atom. The van der Waals surface area contributed by atoms with Crippen molar-refractivity contribution in [3.8, 4) is 0 Å². The first-order valence-electron chi connectivity index (χ1n) is 4.17. The summed E-state index contributed by atoms with van der Waals surface area (Å²) in [5, 5.41) is 0. The van der Waals surface area contributed by atoms with Gasteiger partial charge in [0.05, 0.1) is 0 Å². The fourth-order valence-electron chi connectivity index (χ4n) is 1.13. The monoisotopic (exact) mass is 207 g/mol. The molecule has 0 fully saturated rings. The molecule has 0 atom stereocenters. The average molecular weight is 207 g/mol. The molecule has 5 heteroatoms. The minimum absolute atomic E-state index is 0.0438. The van der Waals surface area contributed by atoms with Crippen molar-refractivity contribution in [2.45, 2.75) is 39.3 Å². The largest absolute Gasteiger partial charge is 0.445 e. The number of hydrogen-bond donors (Lipinski definition) is 0. The van der Waals surface area contributed by atoms with Gasteiger partial charge in [-0.25, -0.2) is 4.98 Å². The van der Waals surface area contributed by atoms with E-state index in [-0.39, 0.29) is 11.7 Å². The SMILES string of the molecule is Cc1nc(C(F)(F)F)c(C(C)(C)C)o1. The number of halogens is 3. The van der Waals surface area contributed by atoms with Crippen LogP contribution in [0.25, 0.3) is 0 Å². The Hall–Kier alpha value is -1.00. The standard InChI is InChI=1S/C9H12F3NO/c1-5-13-6(9(10,11)12)7(14-5)8(2,3)4/h1-4H3. The number of alkyl halides is 3. The Kier molecular flexibility index (Phi) is 2.37. The third kappa shape index (κ3) is 2.08. The summed E-state index contributed by atoms with van der Waals surface area (Å²) in [4.78, 5) is 3.36. The zero-order chi connectivity index (χ0) is 11.1. The molecule has 0 aromatic carbocycles. The van der Waals surface area contributed by atoms with Crippen LogP contribution in [-0.2, 0) is 11.6 Å². The zero-order valence-corrected chi connectivity index (χ0v) is 8.49. The average Bonchev–Trinajstić information content (AvgIpc) is 2.27. The minimum Gasteiger partial charge on any atom is -0.445 e. The number of nitrogens with zero attached hydrogens (tertiary/aromatic N) is 1. The van der Waals surface area contributed by atoms with Crippen LogP contribution in [0.5, 0.6) is 0 Å². The molecule has 1 aromatic heterocycles. The van der Waals surface area contributed by atoms with Crippen LogP contribution in [0.4, 0.5) is 13.2 Å². The summed E-state index contributed by atoms with van der Waals surface area (Å²) in [5.41, 5.74) is -1.60.